The summed E-state index contributed by atoms with van der Waals surface area (Å²) in [5.41, 5.74) is 2.55. The van der Waals surface area contributed by atoms with E-state index in [1.807, 2.05) is 43.3 Å². The minimum atomic E-state index is -0.415. The predicted octanol–water partition coefficient (Wildman–Crippen LogP) is 4.47. The summed E-state index contributed by atoms with van der Waals surface area (Å²) in [5, 5.41) is 4.42. The summed E-state index contributed by atoms with van der Waals surface area (Å²) in [6, 6.07) is 17.0. The molecule has 28 heavy (non-hydrogen) atoms. The van der Waals surface area contributed by atoms with Crippen molar-refractivity contribution >= 4 is 16.9 Å². The van der Waals surface area contributed by atoms with Gasteiger partial charge >= 0.3 is 5.97 Å². The highest BCUT2D eigenvalue weighted by molar-refractivity contribution is 5.89. The van der Waals surface area contributed by atoms with E-state index in [2.05, 4.69) is 37.1 Å². The smallest absolute Gasteiger partial charge is 0.338 e. The standard InChI is InChI=1S/C23H28N2O3/c1-16-13-19-20(25-16)11-8-12-21(19)27-15-18(14-24-23(2,3)4)28-22(26)17-9-6-5-7-10-17/h5-13,18,24-25H,14-15H2,1-4H3/t18-/m0/s1. The largest absolute Gasteiger partial charge is 0.489 e. The lowest BCUT2D eigenvalue weighted by molar-refractivity contribution is 0.0163. The zero-order chi connectivity index (χ0) is 20.1. The van der Waals surface area contributed by atoms with Gasteiger partial charge in [-0.05, 0) is 58.0 Å². The summed E-state index contributed by atoms with van der Waals surface area (Å²) >= 11 is 0. The van der Waals surface area contributed by atoms with Crippen LogP contribution in [-0.2, 0) is 4.74 Å². The number of ether oxygens (including phenoxy) is 2. The van der Waals surface area contributed by atoms with E-state index in [9.17, 15) is 4.79 Å². The molecule has 1 aromatic heterocycles. The maximum Gasteiger partial charge on any atom is 0.338 e. The minimum Gasteiger partial charge on any atom is -0.489 e. The number of carbonyl (C=O) groups is 1. The number of esters is 1. The van der Waals surface area contributed by atoms with Gasteiger partial charge in [0.2, 0.25) is 0 Å². The minimum absolute atomic E-state index is 0.0881. The van der Waals surface area contributed by atoms with Crippen LogP contribution in [0.15, 0.2) is 54.6 Å². The molecule has 5 nitrogen and oxygen atoms in total. The molecule has 1 atom stereocenters. The van der Waals surface area contributed by atoms with Gasteiger partial charge in [0, 0.05) is 28.7 Å². The van der Waals surface area contributed by atoms with Crippen LogP contribution in [0.3, 0.4) is 0 Å². The number of aromatic amines is 1. The number of carbonyl (C=O) groups excluding carboxylic acids is 1. The lowest BCUT2D eigenvalue weighted by Gasteiger charge is -2.25. The fourth-order valence-electron chi connectivity index (χ4n) is 2.92. The van der Waals surface area contributed by atoms with Crippen LogP contribution in [0, 0.1) is 6.92 Å². The average molecular weight is 380 g/mol. The first-order valence-corrected chi connectivity index (χ1v) is 9.54. The van der Waals surface area contributed by atoms with Crippen molar-refractivity contribution in [1.29, 1.82) is 0 Å². The van der Waals surface area contributed by atoms with Crippen LogP contribution < -0.4 is 10.1 Å². The molecule has 0 amide bonds. The fourth-order valence-corrected chi connectivity index (χ4v) is 2.92. The number of aryl methyl sites for hydroxylation is 1. The first-order chi connectivity index (χ1) is 13.3. The molecule has 148 valence electrons. The normalized spacial score (nSPS) is 12.7. The van der Waals surface area contributed by atoms with Gasteiger partial charge in [0.25, 0.3) is 0 Å². The van der Waals surface area contributed by atoms with Gasteiger partial charge in [0.1, 0.15) is 18.5 Å². The predicted molar refractivity (Wildman–Crippen MR) is 112 cm³/mol. The quantitative estimate of drug-likeness (QED) is 0.594. The highest BCUT2D eigenvalue weighted by atomic mass is 16.6. The van der Waals surface area contributed by atoms with E-state index in [0.29, 0.717) is 12.1 Å². The van der Waals surface area contributed by atoms with Gasteiger partial charge in [-0.1, -0.05) is 24.3 Å². The van der Waals surface area contributed by atoms with Crippen LogP contribution in [0.25, 0.3) is 10.9 Å². The molecular formula is C23H28N2O3. The Morgan fingerprint density at radius 1 is 1.11 bits per heavy atom. The Bertz CT molecular complexity index is 926. The molecule has 1 heterocycles. The molecule has 2 N–H and O–H groups in total. The molecule has 2 aromatic carbocycles. The maximum atomic E-state index is 12.5. The van der Waals surface area contributed by atoms with Crippen LogP contribution in [-0.4, -0.2) is 35.7 Å². The van der Waals surface area contributed by atoms with Gasteiger partial charge in [0.05, 0.1) is 5.56 Å². The molecule has 3 rings (SSSR count). The van der Waals surface area contributed by atoms with Gasteiger partial charge in [0.15, 0.2) is 0 Å². The Hall–Kier alpha value is -2.79. The molecule has 0 aliphatic heterocycles. The van der Waals surface area contributed by atoms with Crippen LogP contribution in [0.4, 0.5) is 0 Å². The number of fused-ring (bicyclic) bond motifs is 1. The number of benzene rings is 2. The molecule has 0 saturated heterocycles. The first kappa shape index (κ1) is 20.0. The third-order valence-electron chi connectivity index (χ3n) is 4.33. The SMILES string of the molecule is Cc1cc2c(OC[C@H](CNC(C)(C)C)OC(=O)c3ccccc3)cccc2[nH]1. The molecule has 0 saturated carbocycles. The maximum absolute atomic E-state index is 12.5. The van der Waals surface area contributed by atoms with Gasteiger partial charge in [-0.25, -0.2) is 4.79 Å². The van der Waals surface area contributed by atoms with Crippen molar-refractivity contribution in [2.24, 2.45) is 0 Å². The molecule has 0 fully saturated rings. The summed E-state index contributed by atoms with van der Waals surface area (Å²) in [5.74, 6) is 0.430. The zero-order valence-corrected chi connectivity index (χ0v) is 16.9. The van der Waals surface area contributed by atoms with E-state index >= 15 is 0 Å². The van der Waals surface area contributed by atoms with Crippen molar-refractivity contribution in [3.05, 3.63) is 65.9 Å². The average Bonchev–Trinajstić information content (AvgIpc) is 3.04. The molecular weight excluding hydrogens is 352 g/mol. The number of H-pyrrole nitrogens is 1. The molecule has 0 radical (unpaired) electrons. The molecule has 3 aromatic rings. The van der Waals surface area contributed by atoms with Gasteiger partial charge in [-0.2, -0.15) is 0 Å². The van der Waals surface area contributed by atoms with Gasteiger partial charge < -0.3 is 19.8 Å². The molecule has 0 aliphatic rings. The number of nitrogens with one attached hydrogen (secondary N) is 2. The van der Waals surface area contributed by atoms with Crippen LogP contribution in [0.2, 0.25) is 0 Å². The van der Waals surface area contributed by atoms with E-state index < -0.39 is 6.10 Å². The summed E-state index contributed by atoms with van der Waals surface area (Å²) < 4.78 is 11.8. The van der Waals surface area contributed by atoms with Crippen molar-refractivity contribution in [3.63, 3.8) is 0 Å². The molecule has 0 bridgehead atoms. The highest BCUT2D eigenvalue weighted by Crippen LogP contribution is 2.26. The Labute approximate surface area is 166 Å². The number of hydrogen-bond acceptors (Lipinski definition) is 4. The van der Waals surface area contributed by atoms with E-state index in [1.165, 1.54) is 0 Å². The topological polar surface area (TPSA) is 63.4 Å². The lowest BCUT2D eigenvalue weighted by Crippen LogP contribution is -2.44. The fraction of sp³-hybridized carbons (Fsp3) is 0.348. The molecule has 0 spiro atoms. The van der Waals surface area contributed by atoms with E-state index in [1.54, 1.807) is 12.1 Å². The Kier molecular flexibility index (Phi) is 6.05. The van der Waals surface area contributed by atoms with Gasteiger partial charge in [-0.3, -0.25) is 0 Å². The lowest BCUT2D eigenvalue weighted by atomic mass is 10.1. The van der Waals surface area contributed by atoms with Crippen molar-refractivity contribution < 1.29 is 14.3 Å². The van der Waals surface area contributed by atoms with Crippen LogP contribution >= 0.6 is 0 Å². The van der Waals surface area contributed by atoms with Crippen molar-refractivity contribution in [2.45, 2.75) is 39.3 Å². The summed E-state index contributed by atoms with van der Waals surface area (Å²) in [4.78, 5) is 15.8. The van der Waals surface area contributed by atoms with Crippen LogP contribution in [0.5, 0.6) is 5.75 Å². The van der Waals surface area contributed by atoms with E-state index in [-0.39, 0.29) is 18.1 Å². The van der Waals surface area contributed by atoms with Crippen molar-refractivity contribution in [1.82, 2.24) is 10.3 Å². The summed E-state index contributed by atoms with van der Waals surface area (Å²) in [6.45, 7) is 9.02. The number of hydrogen-bond donors (Lipinski definition) is 2. The summed E-state index contributed by atoms with van der Waals surface area (Å²) in [7, 11) is 0. The summed E-state index contributed by atoms with van der Waals surface area (Å²) in [6.07, 6.45) is -0.415. The molecule has 0 unspecified atom stereocenters. The second-order valence-corrected chi connectivity index (χ2v) is 8.00. The second kappa shape index (κ2) is 8.48. The van der Waals surface area contributed by atoms with E-state index in [0.717, 1.165) is 22.3 Å². The van der Waals surface area contributed by atoms with Crippen molar-refractivity contribution in [3.8, 4) is 5.75 Å². The molecule has 0 aliphatic carbocycles. The number of aromatic nitrogens is 1. The monoisotopic (exact) mass is 380 g/mol. The zero-order valence-electron chi connectivity index (χ0n) is 16.9. The Balaban J connectivity index is 1.71. The second-order valence-electron chi connectivity index (χ2n) is 8.00. The molecule has 5 heteroatoms. The Morgan fingerprint density at radius 3 is 2.57 bits per heavy atom. The third-order valence-corrected chi connectivity index (χ3v) is 4.33. The Morgan fingerprint density at radius 2 is 1.86 bits per heavy atom. The van der Waals surface area contributed by atoms with Crippen LogP contribution in [0.1, 0.15) is 36.8 Å². The van der Waals surface area contributed by atoms with Crippen molar-refractivity contribution in [2.75, 3.05) is 13.2 Å². The highest BCUT2D eigenvalue weighted by Gasteiger charge is 2.20. The van der Waals surface area contributed by atoms with E-state index in [4.69, 9.17) is 9.47 Å². The first-order valence-electron chi connectivity index (χ1n) is 9.54. The number of rotatable bonds is 7. The van der Waals surface area contributed by atoms with Gasteiger partial charge in [-0.15, -0.1) is 0 Å². The third kappa shape index (κ3) is 5.36.